The molecular weight excluding hydrogens is 332 g/mol. The van der Waals surface area contributed by atoms with Crippen molar-refractivity contribution in [3.63, 3.8) is 0 Å². The van der Waals surface area contributed by atoms with E-state index in [1.54, 1.807) is 26.4 Å². The van der Waals surface area contributed by atoms with Crippen molar-refractivity contribution in [2.75, 3.05) is 14.2 Å². The van der Waals surface area contributed by atoms with Gasteiger partial charge in [-0.1, -0.05) is 38.5 Å². The molecular formula is C17H23BrO3. The maximum absolute atomic E-state index is 12.6. The largest absolute Gasteiger partial charge is 0.493 e. The average Bonchev–Trinajstić information content (AvgIpc) is 2.75. The van der Waals surface area contributed by atoms with Crippen LogP contribution >= 0.6 is 15.9 Å². The summed E-state index contributed by atoms with van der Waals surface area (Å²) in [6.07, 6.45) is 8.12. The molecule has 0 heterocycles. The number of ketones is 1. The molecule has 0 amide bonds. The Morgan fingerprint density at radius 3 is 2.24 bits per heavy atom. The Kier molecular flexibility index (Phi) is 6.09. The number of carbonyl (C=O) groups excluding carboxylic acids is 1. The topological polar surface area (TPSA) is 35.5 Å². The lowest BCUT2D eigenvalue weighted by Gasteiger charge is -2.15. The Bertz CT molecular complexity index is 491. The first kappa shape index (κ1) is 16.3. The highest BCUT2D eigenvalue weighted by molar-refractivity contribution is 9.10. The van der Waals surface area contributed by atoms with Crippen molar-refractivity contribution in [3.05, 3.63) is 22.2 Å². The van der Waals surface area contributed by atoms with Crippen molar-refractivity contribution in [2.24, 2.45) is 5.92 Å². The van der Waals surface area contributed by atoms with Gasteiger partial charge in [0.25, 0.3) is 0 Å². The van der Waals surface area contributed by atoms with E-state index < -0.39 is 0 Å². The molecule has 1 aromatic rings. The van der Waals surface area contributed by atoms with Crippen molar-refractivity contribution >= 4 is 21.7 Å². The van der Waals surface area contributed by atoms with Crippen LogP contribution in [0.3, 0.4) is 0 Å². The molecule has 0 aliphatic heterocycles. The first-order chi connectivity index (χ1) is 10.2. The first-order valence-corrected chi connectivity index (χ1v) is 8.39. The Labute approximate surface area is 135 Å². The fraction of sp³-hybridized carbons (Fsp3) is 0.588. The van der Waals surface area contributed by atoms with E-state index in [0.717, 1.165) is 4.47 Å². The van der Waals surface area contributed by atoms with Crippen LogP contribution in [0.15, 0.2) is 16.6 Å². The molecule has 0 aromatic heterocycles. The van der Waals surface area contributed by atoms with Gasteiger partial charge >= 0.3 is 0 Å². The van der Waals surface area contributed by atoms with Crippen LogP contribution in [-0.2, 0) is 0 Å². The van der Waals surface area contributed by atoms with E-state index >= 15 is 0 Å². The SMILES string of the molecule is COc1cc(Br)c(C(=O)CC2CCCCCC2)cc1OC. The van der Waals surface area contributed by atoms with Crippen molar-refractivity contribution in [1.82, 2.24) is 0 Å². The molecule has 4 heteroatoms. The number of Topliss-reactive ketones (excluding diaryl/α,β-unsaturated/α-hetero) is 1. The highest BCUT2D eigenvalue weighted by atomic mass is 79.9. The fourth-order valence-corrected chi connectivity index (χ4v) is 3.55. The van der Waals surface area contributed by atoms with Crippen LogP contribution in [0.25, 0.3) is 0 Å². The third-order valence-electron chi connectivity index (χ3n) is 4.22. The molecule has 0 bridgehead atoms. The predicted octanol–water partition coefficient (Wildman–Crippen LogP) is 5.01. The van der Waals surface area contributed by atoms with Gasteiger partial charge in [0.2, 0.25) is 0 Å². The molecule has 0 saturated heterocycles. The van der Waals surface area contributed by atoms with Crippen LogP contribution in [-0.4, -0.2) is 20.0 Å². The van der Waals surface area contributed by atoms with Gasteiger partial charge in [0.1, 0.15) is 0 Å². The van der Waals surface area contributed by atoms with E-state index in [-0.39, 0.29) is 5.78 Å². The van der Waals surface area contributed by atoms with Crippen molar-refractivity contribution in [2.45, 2.75) is 44.9 Å². The van der Waals surface area contributed by atoms with Gasteiger partial charge in [-0.3, -0.25) is 4.79 Å². The number of halogens is 1. The number of benzene rings is 1. The zero-order valence-electron chi connectivity index (χ0n) is 12.8. The molecule has 0 unspecified atom stereocenters. The van der Waals surface area contributed by atoms with Crippen LogP contribution in [0, 0.1) is 5.92 Å². The van der Waals surface area contributed by atoms with E-state index in [1.807, 2.05) is 0 Å². The highest BCUT2D eigenvalue weighted by Crippen LogP contribution is 2.35. The number of ether oxygens (including phenoxy) is 2. The lowest BCUT2D eigenvalue weighted by atomic mass is 9.92. The summed E-state index contributed by atoms with van der Waals surface area (Å²) in [5, 5.41) is 0. The lowest BCUT2D eigenvalue weighted by Crippen LogP contribution is -2.09. The Balaban J connectivity index is 2.14. The number of hydrogen-bond donors (Lipinski definition) is 0. The first-order valence-electron chi connectivity index (χ1n) is 7.60. The molecule has 1 aliphatic rings. The second-order valence-corrected chi connectivity index (χ2v) is 6.53. The Hall–Kier alpha value is -1.03. The van der Waals surface area contributed by atoms with Gasteiger partial charge in [-0.15, -0.1) is 0 Å². The van der Waals surface area contributed by atoms with Crippen molar-refractivity contribution in [1.29, 1.82) is 0 Å². The highest BCUT2D eigenvalue weighted by Gasteiger charge is 2.20. The Morgan fingerprint density at radius 2 is 1.67 bits per heavy atom. The molecule has 2 rings (SSSR count). The lowest BCUT2D eigenvalue weighted by molar-refractivity contribution is 0.0956. The minimum absolute atomic E-state index is 0.190. The summed E-state index contributed by atoms with van der Waals surface area (Å²) in [6, 6.07) is 3.58. The van der Waals surface area contributed by atoms with E-state index in [4.69, 9.17) is 9.47 Å². The minimum Gasteiger partial charge on any atom is -0.493 e. The molecule has 1 saturated carbocycles. The third-order valence-corrected chi connectivity index (χ3v) is 4.88. The van der Waals surface area contributed by atoms with Crippen LogP contribution < -0.4 is 9.47 Å². The summed E-state index contributed by atoms with van der Waals surface area (Å²) in [5.41, 5.74) is 0.692. The maximum atomic E-state index is 12.6. The summed E-state index contributed by atoms with van der Waals surface area (Å²) in [4.78, 5) is 12.6. The molecule has 0 atom stereocenters. The second kappa shape index (κ2) is 7.83. The van der Waals surface area contributed by atoms with Gasteiger partial charge < -0.3 is 9.47 Å². The number of carbonyl (C=O) groups is 1. The standard InChI is InChI=1S/C17H23BrO3/c1-20-16-10-13(14(18)11-17(16)21-2)15(19)9-12-7-5-3-4-6-8-12/h10-12H,3-9H2,1-2H3. The minimum atomic E-state index is 0.190. The molecule has 0 N–H and O–H groups in total. The van der Waals surface area contributed by atoms with Crippen LogP contribution in [0.1, 0.15) is 55.3 Å². The van der Waals surface area contributed by atoms with Gasteiger partial charge in [0, 0.05) is 16.5 Å². The zero-order chi connectivity index (χ0) is 15.2. The van der Waals surface area contributed by atoms with E-state index in [2.05, 4.69) is 15.9 Å². The summed E-state index contributed by atoms with van der Waals surface area (Å²) < 4.78 is 11.3. The molecule has 0 radical (unpaired) electrons. The van der Waals surface area contributed by atoms with E-state index in [9.17, 15) is 4.79 Å². The van der Waals surface area contributed by atoms with Gasteiger partial charge in [0.15, 0.2) is 17.3 Å². The maximum Gasteiger partial charge on any atom is 0.164 e. The Morgan fingerprint density at radius 1 is 1.10 bits per heavy atom. The summed E-state index contributed by atoms with van der Waals surface area (Å²) in [5.74, 6) is 1.95. The van der Waals surface area contributed by atoms with Gasteiger partial charge in [-0.05, 0) is 34.0 Å². The molecule has 1 aromatic carbocycles. The molecule has 1 fully saturated rings. The molecule has 21 heavy (non-hydrogen) atoms. The fourth-order valence-electron chi connectivity index (χ4n) is 3.01. The summed E-state index contributed by atoms with van der Waals surface area (Å²) in [7, 11) is 3.18. The number of methoxy groups -OCH3 is 2. The van der Waals surface area contributed by atoms with Gasteiger partial charge in [-0.25, -0.2) is 0 Å². The number of rotatable bonds is 5. The predicted molar refractivity (Wildman–Crippen MR) is 87.4 cm³/mol. The van der Waals surface area contributed by atoms with Crippen molar-refractivity contribution < 1.29 is 14.3 Å². The van der Waals surface area contributed by atoms with Gasteiger partial charge in [0.05, 0.1) is 14.2 Å². The monoisotopic (exact) mass is 354 g/mol. The smallest absolute Gasteiger partial charge is 0.164 e. The van der Waals surface area contributed by atoms with Crippen LogP contribution in [0.2, 0.25) is 0 Å². The van der Waals surface area contributed by atoms with Crippen molar-refractivity contribution in [3.8, 4) is 11.5 Å². The number of hydrogen-bond acceptors (Lipinski definition) is 3. The summed E-state index contributed by atoms with van der Waals surface area (Å²) in [6.45, 7) is 0. The second-order valence-electron chi connectivity index (χ2n) is 5.67. The third kappa shape index (κ3) is 4.22. The average molecular weight is 355 g/mol. The summed E-state index contributed by atoms with van der Waals surface area (Å²) >= 11 is 3.48. The normalized spacial score (nSPS) is 16.3. The van der Waals surface area contributed by atoms with Crippen LogP contribution in [0.5, 0.6) is 11.5 Å². The molecule has 116 valence electrons. The molecule has 3 nitrogen and oxygen atoms in total. The zero-order valence-corrected chi connectivity index (χ0v) is 14.4. The van der Waals surface area contributed by atoms with E-state index in [0.29, 0.717) is 29.4 Å². The quantitative estimate of drug-likeness (QED) is 0.550. The van der Waals surface area contributed by atoms with E-state index in [1.165, 1.54) is 38.5 Å². The van der Waals surface area contributed by atoms with Gasteiger partial charge in [-0.2, -0.15) is 0 Å². The van der Waals surface area contributed by atoms with Crippen LogP contribution in [0.4, 0.5) is 0 Å². The molecule has 1 aliphatic carbocycles. The molecule has 0 spiro atoms.